The van der Waals surface area contributed by atoms with Gasteiger partial charge in [-0.25, -0.2) is 4.68 Å². The van der Waals surface area contributed by atoms with Crippen molar-refractivity contribution in [1.82, 2.24) is 15.1 Å². The van der Waals surface area contributed by atoms with Crippen LogP contribution >= 0.6 is 34.8 Å². The summed E-state index contributed by atoms with van der Waals surface area (Å²) in [6.45, 7) is 1.43. The number of hydrogen-bond acceptors (Lipinski definition) is 4. The van der Waals surface area contributed by atoms with Gasteiger partial charge in [-0.05, 0) is 49.4 Å². The van der Waals surface area contributed by atoms with E-state index < -0.39 is 17.7 Å². The summed E-state index contributed by atoms with van der Waals surface area (Å²) in [6, 6.07) is 18.4. The van der Waals surface area contributed by atoms with Crippen LogP contribution < -0.4 is 16.4 Å². The van der Waals surface area contributed by atoms with Crippen molar-refractivity contribution in [2.24, 2.45) is 5.73 Å². The molecule has 0 aliphatic carbocycles. The standard InChI is InChI=1S/C26H20Cl3N5O3/c1-14-23(26(37)32-20-5-3-2-4-18(20)25(36)31-13-22(30)35)33-34(21-11-10-17(28)12-19(21)29)24(14)15-6-8-16(27)9-7-15/h2-12H,13H2,1H3,(H2,30,35)(H,31,36)(H,32,37). The van der Waals surface area contributed by atoms with Crippen LogP contribution in [0.4, 0.5) is 5.69 Å². The van der Waals surface area contributed by atoms with Gasteiger partial charge in [0.2, 0.25) is 5.91 Å². The number of anilines is 1. The highest BCUT2D eigenvalue weighted by atomic mass is 35.5. The van der Waals surface area contributed by atoms with Crippen molar-refractivity contribution in [2.45, 2.75) is 6.92 Å². The van der Waals surface area contributed by atoms with Gasteiger partial charge in [0.1, 0.15) is 0 Å². The van der Waals surface area contributed by atoms with Gasteiger partial charge in [-0.3, -0.25) is 14.4 Å². The second kappa shape index (κ2) is 11.0. The van der Waals surface area contributed by atoms with E-state index in [9.17, 15) is 14.4 Å². The number of carbonyl (C=O) groups excluding carboxylic acids is 3. The molecule has 0 aliphatic rings. The number of halogens is 3. The Balaban J connectivity index is 1.77. The maximum absolute atomic E-state index is 13.4. The molecule has 1 heterocycles. The molecule has 0 bridgehead atoms. The normalized spacial score (nSPS) is 10.7. The largest absolute Gasteiger partial charge is 0.368 e. The van der Waals surface area contributed by atoms with E-state index in [1.165, 1.54) is 6.07 Å². The first kappa shape index (κ1) is 26.2. The van der Waals surface area contributed by atoms with E-state index >= 15 is 0 Å². The van der Waals surface area contributed by atoms with Gasteiger partial charge in [-0.1, -0.05) is 59.1 Å². The van der Waals surface area contributed by atoms with Crippen LogP contribution in [-0.2, 0) is 4.79 Å². The maximum Gasteiger partial charge on any atom is 0.276 e. The van der Waals surface area contributed by atoms with Gasteiger partial charge in [0.15, 0.2) is 5.69 Å². The summed E-state index contributed by atoms with van der Waals surface area (Å²) in [5, 5.41) is 11.1. The van der Waals surface area contributed by atoms with Crippen molar-refractivity contribution in [3.05, 3.63) is 98.6 Å². The van der Waals surface area contributed by atoms with Crippen molar-refractivity contribution in [3.63, 3.8) is 0 Å². The molecule has 0 fully saturated rings. The quantitative estimate of drug-likeness (QED) is 0.287. The monoisotopic (exact) mass is 555 g/mol. The lowest BCUT2D eigenvalue weighted by atomic mass is 10.1. The molecule has 3 aromatic carbocycles. The maximum atomic E-state index is 13.4. The number of nitrogens with zero attached hydrogens (tertiary/aromatic N) is 2. The third-order valence-corrected chi connectivity index (χ3v) is 6.23. The predicted octanol–water partition coefficient (Wildman–Crippen LogP) is 5.28. The Morgan fingerprint density at radius 3 is 2.27 bits per heavy atom. The second-order valence-electron chi connectivity index (χ2n) is 7.99. The molecule has 4 N–H and O–H groups in total. The van der Waals surface area contributed by atoms with Crippen molar-refractivity contribution in [1.29, 1.82) is 0 Å². The van der Waals surface area contributed by atoms with Gasteiger partial charge in [0.05, 0.1) is 34.2 Å². The Morgan fingerprint density at radius 2 is 1.59 bits per heavy atom. The summed E-state index contributed by atoms with van der Waals surface area (Å²) >= 11 is 18.7. The number of para-hydroxylation sites is 1. The van der Waals surface area contributed by atoms with Crippen LogP contribution in [0, 0.1) is 6.92 Å². The van der Waals surface area contributed by atoms with Gasteiger partial charge >= 0.3 is 0 Å². The molecule has 37 heavy (non-hydrogen) atoms. The molecule has 0 saturated carbocycles. The zero-order chi connectivity index (χ0) is 26.7. The number of rotatable bonds is 7. The third-order valence-electron chi connectivity index (χ3n) is 5.44. The average molecular weight is 557 g/mol. The number of nitrogens with two attached hydrogens (primary N) is 1. The van der Waals surface area contributed by atoms with Crippen LogP contribution in [0.5, 0.6) is 0 Å². The smallest absolute Gasteiger partial charge is 0.276 e. The Morgan fingerprint density at radius 1 is 0.919 bits per heavy atom. The Hall–Kier alpha value is -3.85. The van der Waals surface area contributed by atoms with E-state index in [1.54, 1.807) is 60.1 Å². The minimum Gasteiger partial charge on any atom is -0.368 e. The first-order chi connectivity index (χ1) is 17.7. The SMILES string of the molecule is Cc1c(C(=O)Nc2ccccc2C(=O)NCC(N)=O)nn(-c2ccc(Cl)cc2Cl)c1-c1ccc(Cl)cc1. The fraction of sp³-hybridized carbons (Fsp3) is 0.0769. The minimum absolute atomic E-state index is 0.114. The highest BCUT2D eigenvalue weighted by Gasteiger charge is 2.24. The summed E-state index contributed by atoms with van der Waals surface area (Å²) in [7, 11) is 0. The van der Waals surface area contributed by atoms with Crippen LogP contribution in [0.15, 0.2) is 66.7 Å². The number of hydrogen-bond donors (Lipinski definition) is 3. The lowest BCUT2D eigenvalue weighted by Crippen LogP contribution is -2.33. The summed E-state index contributed by atoms with van der Waals surface area (Å²) in [4.78, 5) is 37.0. The van der Waals surface area contributed by atoms with Gasteiger partial charge in [-0.2, -0.15) is 5.10 Å². The van der Waals surface area contributed by atoms with Crippen LogP contribution in [0.25, 0.3) is 16.9 Å². The molecule has 0 aliphatic heterocycles. The molecule has 1 aromatic heterocycles. The Bertz CT molecular complexity index is 1520. The topological polar surface area (TPSA) is 119 Å². The van der Waals surface area contributed by atoms with E-state index in [4.69, 9.17) is 40.5 Å². The number of primary amides is 1. The van der Waals surface area contributed by atoms with E-state index in [0.29, 0.717) is 32.0 Å². The number of aromatic nitrogens is 2. The fourth-order valence-electron chi connectivity index (χ4n) is 3.72. The molecule has 0 unspecified atom stereocenters. The van der Waals surface area contributed by atoms with Crippen LogP contribution in [-0.4, -0.2) is 34.0 Å². The lowest BCUT2D eigenvalue weighted by Gasteiger charge is -2.11. The number of benzene rings is 3. The number of amides is 3. The number of carbonyl (C=O) groups is 3. The Kier molecular flexibility index (Phi) is 7.83. The van der Waals surface area contributed by atoms with Crippen molar-refractivity contribution in [3.8, 4) is 16.9 Å². The van der Waals surface area contributed by atoms with Crippen LogP contribution in [0.1, 0.15) is 26.4 Å². The van der Waals surface area contributed by atoms with Gasteiger partial charge in [-0.15, -0.1) is 0 Å². The van der Waals surface area contributed by atoms with Gasteiger partial charge in [0.25, 0.3) is 11.8 Å². The van der Waals surface area contributed by atoms with Crippen LogP contribution in [0.3, 0.4) is 0 Å². The van der Waals surface area contributed by atoms with E-state index in [0.717, 1.165) is 5.56 Å². The lowest BCUT2D eigenvalue weighted by molar-refractivity contribution is -0.117. The van der Waals surface area contributed by atoms with E-state index in [1.807, 2.05) is 12.1 Å². The molecule has 8 nitrogen and oxygen atoms in total. The van der Waals surface area contributed by atoms with E-state index in [-0.39, 0.29) is 23.5 Å². The minimum atomic E-state index is -0.688. The highest BCUT2D eigenvalue weighted by Crippen LogP contribution is 2.33. The highest BCUT2D eigenvalue weighted by molar-refractivity contribution is 6.35. The summed E-state index contributed by atoms with van der Waals surface area (Å²) in [5.41, 5.74) is 8.09. The second-order valence-corrected chi connectivity index (χ2v) is 9.27. The van der Waals surface area contributed by atoms with Crippen molar-refractivity contribution in [2.75, 3.05) is 11.9 Å². The first-order valence-corrected chi connectivity index (χ1v) is 12.1. The Labute approximate surface area is 227 Å². The molecule has 4 aromatic rings. The molecule has 0 atom stereocenters. The first-order valence-electron chi connectivity index (χ1n) is 10.9. The van der Waals surface area contributed by atoms with E-state index in [2.05, 4.69) is 15.7 Å². The summed E-state index contributed by atoms with van der Waals surface area (Å²) in [5.74, 6) is -1.80. The molecule has 188 valence electrons. The molecular weight excluding hydrogens is 537 g/mol. The molecule has 0 radical (unpaired) electrons. The van der Waals surface area contributed by atoms with Crippen LogP contribution in [0.2, 0.25) is 15.1 Å². The molecule has 0 saturated heterocycles. The third kappa shape index (κ3) is 5.77. The van der Waals surface area contributed by atoms with Gasteiger partial charge < -0.3 is 16.4 Å². The zero-order valence-electron chi connectivity index (χ0n) is 19.4. The molecule has 0 spiro atoms. The fourth-order valence-corrected chi connectivity index (χ4v) is 4.33. The molecule has 4 rings (SSSR count). The van der Waals surface area contributed by atoms with Gasteiger partial charge in [0, 0.05) is 21.2 Å². The number of nitrogens with one attached hydrogen (secondary N) is 2. The zero-order valence-corrected chi connectivity index (χ0v) is 21.7. The summed E-state index contributed by atoms with van der Waals surface area (Å²) in [6.07, 6.45) is 0. The summed E-state index contributed by atoms with van der Waals surface area (Å²) < 4.78 is 1.57. The predicted molar refractivity (Wildman–Crippen MR) is 145 cm³/mol. The molecule has 3 amide bonds. The van der Waals surface area contributed by atoms with Crippen molar-refractivity contribution >= 4 is 58.2 Å². The molecular formula is C26H20Cl3N5O3. The average Bonchev–Trinajstić information content (AvgIpc) is 3.20. The van der Waals surface area contributed by atoms with Crippen molar-refractivity contribution < 1.29 is 14.4 Å². The molecule has 11 heteroatoms.